The van der Waals surface area contributed by atoms with Crippen LogP contribution in [0.25, 0.3) is 0 Å². The fourth-order valence-electron chi connectivity index (χ4n) is 2.26. The molecule has 0 fully saturated rings. The van der Waals surface area contributed by atoms with E-state index in [9.17, 15) is 14.7 Å². The number of rotatable bonds is 4. The maximum absolute atomic E-state index is 12.2. The van der Waals surface area contributed by atoms with Crippen LogP contribution in [0.2, 0.25) is 0 Å². The number of ether oxygens (including phenoxy) is 1. The number of benzene rings is 1. The van der Waals surface area contributed by atoms with E-state index in [0.717, 1.165) is 0 Å². The summed E-state index contributed by atoms with van der Waals surface area (Å²) >= 11 is 0. The van der Waals surface area contributed by atoms with Gasteiger partial charge in [-0.25, -0.2) is 9.59 Å². The molecule has 0 saturated carbocycles. The van der Waals surface area contributed by atoms with Gasteiger partial charge in [0, 0.05) is 5.70 Å². The normalized spacial score (nSPS) is 18.0. The summed E-state index contributed by atoms with van der Waals surface area (Å²) in [7, 11) is 0. The number of phenols is 1. The Kier molecular flexibility index (Phi) is 4.47. The van der Waals surface area contributed by atoms with E-state index in [0.29, 0.717) is 23.3 Å². The molecule has 0 radical (unpaired) electrons. The fraction of sp³-hybridized carbons (Fsp3) is 0.333. The van der Waals surface area contributed by atoms with Crippen LogP contribution in [0.5, 0.6) is 5.75 Å². The zero-order valence-electron chi connectivity index (χ0n) is 12.0. The summed E-state index contributed by atoms with van der Waals surface area (Å²) < 4.78 is 5.09. The Morgan fingerprint density at radius 3 is 2.52 bits per heavy atom. The van der Waals surface area contributed by atoms with Gasteiger partial charge in [0.1, 0.15) is 5.75 Å². The van der Waals surface area contributed by atoms with Crippen LogP contribution in [0, 0.1) is 0 Å². The molecule has 2 amide bonds. The number of carbonyl (C=O) groups is 2. The smallest absolute Gasteiger partial charge is 0.338 e. The van der Waals surface area contributed by atoms with Crippen molar-refractivity contribution in [1.82, 2.24) is 10.6 Å². The van der Waals surface area contributed by atoms with Crippen LogP contribution in [0.15, 0.2) is 35.5 Å². The van der Waals surface area contributed by atoms with Gasteiger partial charge in [-0.2, -0.15) is 0 Å². The van der Waals surface area contributed by atoms with Crippen molar-refractivity contribution in [2.24, 2.45) is 0 Å². The van der Waals surface area contributed by atoms with Gasteiger partial charge >= 0.3 is 12.0 Å². The average molecular weight is 290 g/mol. The van der Waals surface area contributed by atoms with Crippen LogP contribution < -0.4 is 10.6 Å². The maximum Gasteiger partial charge on any atom is 0.338 e. The van der Waals surface area contributed by atoms with Crippen molar-refractivity contribution >= 4 is 12.0 Å². The monoisotopic (exact) mass is 290 g/mol. The first-order chi connectivity index (χ1) is 10.1. The highest BCUT2D eigenvalue weighted by Crippen LogP contribution is 2.29. The Morgan fingerprint density at radius 2 is 1.95 bits per heavy atom. The van der Waals surface area contributed by atoms with Gasteiger partial charge in [0.05, 0.1) is 18.2 Å². The highest BCUT2D eigenvalue weighted by atomic mass is 16.5. The van der Waals surface area contributed by atoms with Crippen LogP contribution in [0.4, 0.5) is 4.79 Å². The standard InChI is InChI=1S/C15H18N2O4/c1-3-11-12(14(19)21-4-2)13(17-15(20)16-11)9-5-7-10(18)8-6-9/h5-8,13,18H,3-4H2,1-2H3,(H2,16,17,20). The van der Waals surface area contributed by atoms with E-state index >= 15 is 0 Å². The molecule has 112 valence electrons. The molecule has 0 aliphatic carbocycles. The van der Waals surface area contributed by atoms with E-state index in [1.165, 1.54) is 12.1 Å². The van der Waals surface area contributed by atoms with Gasteiger partial charge in [-0.3, -0.25) is 0 Å². The van der Waals surface area contributed by atoms with Gasteiger partial charge in [0.25, 0.3) is 0 Å². The second-order valence-corrected chi connectivity index (χ2v) is 4.59. The van der Waals surface area contributed by atoms with E-state index < -0.39 is 12.0 Å². The number of urea groups is 1. The summed E-state index contributed by atoms with van der Waals surface area (Å²) in [6.07, 6.45) is 0.510. The predicted molar refractivity (Wildman–Crippen MR) is 76.5 cm³/mol. The van der Waals surface area contributed by atoms with Gasteiger partial charge in [0.15, 0.2) is 0 Å². The molecule has 3 N–H and O–H groups in total. The maximum atomic E-state index is 12.2. The summed E-state index contributed by atoms with van der Waals surface area (Å²) in [6.45, 7) is 3.85. The number of amides is 2. The third-order valence-corrected chi connectivity index (χ3v) is 3.23. The van der Waals surface area contributed by atoms with Crippen LogP contribution in [-0.2, 0) is 9.53 Å². The Labute approximate surface area is 122 Å². The van der Waals surface area contributed by atoms with Gasteiger partial charge in [-0.15, -0.1) is 0 Å². The van der Waals surface area contributed by atoms with E-state index in [4.69, 9.17) is 4.74 Å². The average Bonchev–Trinajstić information content (AvgIpc) is 2.47. The zero-order valence-corrected chi connectivity index (χ0v) is 12.0. The summed E-state index contributed by atoms with van der Waals surface area (Å²) in [5.41, 5.74) is 1.65. The Hall–Kier alpha value is -2.50. The first-order valence-corrected chi connectivity index (χ1v) is 6.83. The molecule has 6 nitrogen and oxygen atoms in total. The minimum Gasteiger partial charge on any atom is -0.508 e. The quantitative estimate of drug-likeness (QED) is 0.740. The third kappa shape index (κ3) is 3.16. The molecule has 1 aliphatic heterocycles. The van der Waals surface area contributed by atoms with E-state index in [-0.39, 0.29) is 18.4 Å². The van der Waals surface area contributed by atoms with E-state index in [1.54, 1.807) is 19.1 Å². The molecule has 1 aromatic carbocycles. The van der Waals surface area contributed by atoms with Crippen LogP contribution in [-0.4, -0.2) is 23.7 Å². The molecule has 1 aliphatic rings. The highest BCUT2D eigenvalue weighted by Gasteiger charge is 2.32. The van der Waals surface area contributed by atoms with Gasteiger partial charge in [-0.1, -0.05) is 19.1 Å². The molecule has 0 aromatic heterocycles. The van der Waals surface area contributed by atoms with Crippen molar-refractivity contribution in [2.75, 3.05) is 6.61 Å². The molecule has 6 heteroatoms. The van der Waals surface area contributed by atoms with Crippen molar-refractivity contribution in [3.63, 3.8) is 0 Å². The van der Waals surface area contributed by atoms with Crippen molar-refractivity contribution < 1.29 is 19.4 Å². The van der Waals surface area contributed by atoms with Crippen LogP contribution >= 0.6 is 0 Å². The molecule has 2 rings (SSSR count). The number of hydrogen-bond acceptors (Lipinski definition) is 4. The summed E-state index contributed by atoms with van der Waals surface area (Å²) in [5, 5.41) is 14.7. The topological polar surface area (TPSA) is 87.7 Å². The lowest BCUT2D eigenvalue weighted by Gasteiger charge is -2.29. The Balaban J connectivity index is 2.46. The van der Waals surface area contributed by atoms with E-state index in [2.05, 4.69) is 10.6 Å². The molecule has 0 bridgehead atoms. The second kappa shape index (κ2) is 6.30. The molecule has 21 heavy (non-hydrogen) atoms. The van der Waals surface area contributed by atoms with Crippen molar-refractivity contribution in [1.29, 1.82) is 0 Å². The van der Waals surface area contributed by atoms with Gasteiger partial charge in [0.2, 0.25) is 0 Å². The largest absolute Gasteiger partial charge is 0.508 e. The molecule has 0 spiro atoms. The van der Waals surface area contributed by atoms with Gasteiger partial charge < -0.3 is 20.5 Å². The van der Waals surface area contributed by atoms with Crippen molar-refractivity contribution in [2.45, 2.75) is 26.3 Å². The first kappa shape index (κ1) is 14.9. The Bertz CT molecular complexity index is 578. The van der Waals surface area contributed by atoms with Crippen molar-refractivity contribution in [3.05, 3.63) is 41.1 Å². The van der Waals surface area contributed by atoms with Crippen LogP contribution in [0.3, 0.4) is 0 Å². The first-order valence-electron chi connectivity index (χ1n) is 6.83. The zero-order chi connectivity index (χ0) is 15.4. The van der Waals surface area contributed by atoms with Crippen LogP contribution in [0.1, 0.15) is 31.9 Å². The lowest BCUT2D eigenvalue weighted by Crippen LogP contribution is -2.45. The molecule has 1 unspecified atom stereocenters. The molecular formula is C15H18N2O4. The second-order valence-electron chi connectivity index (χ2n) is 4.59. The fourth-order valence-corrected chi connectivity index (χ4v) is 2.26. The number of allylic oxidation sites excluding steroid dienone is 1. The number of phenolic OH excluding ortho intramolecular Hbond substituents is 1. The molecule has 1 aromatic rings. The number of nitrogens with one attached hydrogen (secondary N) is 2. The SMILES string of the molecule is CCOC(=O)C1=C(CC)NC(=O)NC1c1ccc(O)cc1. The number of carbonyl (C=O) groups excluding carboxylic acids is 2. The summed E-state index contributed by atoms with van der Waals surface area (Å²) in [5.74, 6) is -0.337. The minimum absolute atomic E-state index is 0.122. The highest BCUT2D eigenvalue weighted by molar-refractivity contribution is 5.95. The van der Waals surface area contributed by atoms with Crippen molar-refractivity contribution in [3.8, 4) is 5.75 Å². The molecule has 0 saturated heterocycles. The van der Waals surface area contributed by atoms with E-state index in [1.807, 2.05) is 6.92 Å². The lowest BCUT2D eigenvalue weighted by atomic mass is 9.94. The predicted octanol–water partition coefficient (Wildman–Crippen LogP) is 1.97. The molecule has 1 atom stereocenters. The number of esters is 1. The number of aromatic hydroxyl groups is 1. The minimum atomic E-state index is -0.589. The summed E-state index contributed by atoms with van der Waals surface area (Å²) in [6, 6.07) is 5.40. The molecular weight excluding hydrogens is 272 g/mol. The molecule has 1 heterocycles. The Morgan fingerprint density at radius 1 is 1.29 bits per heavy atom. The summed E-state index contributed by atoms with van der Waals surface area (Å²) in [4.78, 5) is 24.0. The lowest BCUT2D eigenvalue weighted by molar-refractivity contribution is -0.139. The number of hydrogen-bond donors (Lipinski definition) is 3. The van der Waals surface area contributed by atoms with Gasteiger partial charge in [-0.05, 0) is 31.0 Å². The third-order valence-electron chi connectivity index (χ3n) is 3.23.